The van der Waals surface area contributed by atoms with E-state index in [1.54, 1.807) is 19.2 Å². The minimum Gasteiger partial charge on any atom is -0.344 e. The highest BCUT2D eigenvalue weighted by molar-refractivity contribution is 5.99. The summed E-state index contributed by atoms with van der Waals surface area (Å²) >= 11 is 0. The Morgan fingerprint density at radius 3 is 2.25 bits per heavy atom. The Balaban J connectivity index is 1.60. The maximum Gasteiger partial charge on any atom is 0.249 e. The first kappa shape index (κ1) is 25.2. The number of nitrogens with zero attached hydrogens (tertiary/aromatic N) is 2. The molecule has 0 aliphatic carbocycles. The summed E-state index contributed by atoms with van der Waals surface area (Å²) in [6, 6.07) is 22.9. The minimum atomic E-state index is -0.770. The summed E-state index contributed by atoms with van der Waals surface area (Å²) in [6.45, 7) is 6.30. The van der Waals surface area contributed by atoms with Crippen molar-refractivity contribution in [3.63, 3.8) is 0 Å². The molecule has 186 valence electrons. The first-order chi connectivity index (χ1) is 17.3. The van der Waals surface area contributed by atoms with Gasteiger partial charge in [0.05, 0.1) is 6.42 Å². The predicted molar refractivity (Wildman–Crippen MR) is 143 cm³/mol. The molecule has 1 heterocycles. The van der Waals surface area contributed by atoms with E-state index >= 15 is 0 Å². The van der Waals surface area contributed by atoms with Crippen LogP contribution >= 0.6 is 0 Å². The highest BCUT2D eigenvalue weighted by Gasteiger charge is 2.26. The predicted octanol–water partition coefficient (Wildman–Crippen LogP) is 5.60. The second kappa shape index (κ2) is 10.8. The molecule has 3 aromatic carbocycles. The third-order valence-electron chi connectivity index (χ3n) is 6.60. The van der Waals surface area contributed by atoms with Crippen LogP contribution in [-0.2, 0) is 22.4 Å². The van der Waals surface area contributed by atoms with Crippen LogP contribution < -0.4 is 10.2 Å². The Morgan fingerprint density at radius 1 is 0.944 bits per heavy atom. The summed E-state index contributed by atoms with van der Waals surface area (Å²) in [5, 5.41) is 4.04. The Kier molecular flexibility index (Phi) is 7.53. The molecule has 4 aromatic rings. The second-order valence-corrected chi connectivity index (χ2v) is 9.41. The summed E-state index contributed by atoms with van der Waals surface area (Å²) < 4.78 is 15.7. The fourth-order valence-electron chi connectivity index (χ4n) is 4.83. The molecule has 0 saturated carbocycles. The fraction of sp³-hybridized carbons (Fsp3) is 0.267. The van der Waals surface area contributed by atoms with Crippen molar-refractivity contribution in [3.8, 4) is 0 Å². The summed E-state index contributed by atoms with van der Waals surface area (Å²) in [5.41, 5.74) is 4.62. The molecule has 5 nitrogen and oxygen atoms in total. The maximum absolute atomic E-state index is 13.5. The van der Waals surface area contributed by atoms with E-state index in [9.17, 15) is 14.0 Å². The molecule has 0 bridgehead atoms. The van der Waals surface area contributed by atoms with Crippen LogP contribution in [0.2, 0.25) is 0 Å². The molecule has 0 unspecified atom stereocenters. The van der Waals surface area contributed by atoms with Crippen LogP contribution in [-0.4, -0.2) is 29.5 Å². The zero-order valence-electron chi connectivity index (χ0n) is 21.2. The first-order valence-corrected chi connectivity index (χ1v) is 12.2. The van der Waals surface area contributed by atoms with Crippen LogP contribution in [0, 0.1) is 12.7 Å². The van der Waals surface area contributed by atoms with Crippen molar-refractivity contribution in [3.05, 3.63) is 102 Å². The zero-order valence-corrected chi connectivity index (χ0v) is 21.2. The smallest absolute Gasteiger partial charge is 0.249 e. The molecule has 6 heteroatoms. The lowest BCUT2D eigenvalue weighted by atomic mass is 10.0. The van der Waals surface area contributed by atoms with Gasteiger partial charge in [0.2, 0.25) is 11.8 Å². The lowest BCUT2D eigenvalue weighted by Gasteiger charge is -2.25. The van der Waals surface area contributed by atoms with Gasteiger partial charge in [-0.3, -0.25) is 9.59 Å². The molecule has 4 rings (SSSR count). The molecule has 0 saturated heterocycles. The number of carbonyl (C=O) groups excluding carboxylic acids is 2. The largest absolute Gasteiger partial charge is 0.344 e. The molecule has 0 spiro atoms. The molecule has 1 atom stereocenters. The van der Waals surface area contributed by atoms with Crippen molar-refractivity contribution in [1.29, 1.82) is 0 Å². The maximum atomic E-state index is 13.5. The standard InChI is InChI=1S/C30H32FN3O2/c1-20(2)34-21(3)26(25-12-8-9-13-28(25)34)19-29(35)32-27(18-22-10-6-5-7-11-22)30(36)33(4)24-16-14-23(31)15-17-24/h5-17,20,27H,18-19H2,1-4H3,(H,32,35)/t27-/m0/s1. The number of para-hydroxylation sites is 1. The lowest BCUT2D eigenvalue weighted by molar-refractivity contribution is -0.127. The number of carbonyl (C=O) groups is 2. The number of amides is 2. The average molecular weight is 486 g/mol. The van der Waals surface area contributed by atoms with Crippen LogP contribution in [0.15, 0.2) is 78.9 Å². The Bertz CT molecular complexity index is 1360. The highest BCUT2D eigenvalue weighted by atomic mass is 19.1. The second-order valence-electron chi connectivity index (χ2n) is 9.41. The molecule has 0 aliphatic heterocycles. The monoisotopic (exact) mass is 485 g/mol. The van der Waals surface area contributed by atoms with Crippen LogP contribution in [0.1, 0.15) is 36.7 Å². The van der Waals surface area contributed by atoms with Gasteiger partial charge in [0.25, 0.3) is 0 Å². The summed E-state index contributed by atoms with van der Waals surface area (Å²) in [4.78, 5) is 28.3. The van der Waals surface area contributed by atoms with Crippen LogP contribution in [0.4, 0.5) is 10.1 Å². The minimum absolute atomic E-state index is 0.172. The number of aromatic nitrogens is 1. The normalized spacial score (nSPS) is 12.1. The van der Waals surface area contributed by atoms with Gasteiger partial charge in [0.15, 0.2) is 0 Å². The van der Waals surface area contributed by atoms with Gasteiger partial charge < -0.3 is 14.8 Å². The van der Waals surface area contributed by atoms with Gasteiger partial charge in [-0.2, -0.15) is 0 Å². The van der Waals surface area contributed by atoms with E-state index in [2.05, 4.69) is 29.8 Å². The number of anilines is 1. The molecule has 0 aliphatic rings. The first-order valence-electron chi connectivity index (χ1n) is 12.2. The Hall–Kier alpha value is -3.93. The summed E-state index contributed by atoms with van der Waals surface area (Å²) in [6.07, 6.45) is 0.522. The fourth-order valence-corrected chi connectivity index (χ4v) is 4.83. The van der Waals surface area contributed by atoms with Crippen molar-refractivity contribution < 1.29 is 14.0 Å². The molecule has 1 N–H and O–H groups in total. The van der Waals surface area contributed by atoms with Crippen molar-refractivity contribution in [2.45, 2.75) is 45.7 Å². The van der Waals surface area contributed by atoms with Gasteiger partial charge in [-0.25, -0.2) is 4.39 Å². The summed E-state index contributed by atoms with van der Waals surface area (Å²) in [5.74, 6) is -0.851. The van der Waals surface area contributed by atoms with Crippen LogP contribution in [0.3, 0.4) is 0 Å². The van der Waals surface area contributed by atoms with E-state index in [1.165, 1.54) is 17.0 Å². The van der Waals surface area contributed by atoms with Crippen molar-refractivity contribution in [2.24, 2.45) is 0 Å². The van der Waals surface area contributed by atoms with Crippen molar-refractivity contribution >= 4 is 28.4 Å². The van der Waals surface area contributed by atoms with Gasteiger partial charge in [-0.05, 0) is 62.2 Å². The quantitative estimate of drug-likeness (QED) is 0.353. The number of hydrogen-bond donors (Lipinski definition) is 1. The van der Waals surface area contributed by atoms with Crippen molar-refractivity contribution in [2.75, 3.05) is 11.9 Å². The van der Waals surface area contributed by atoms with Crippen LogP contribution in [0.5, 0.6) is 0 Å². The summed E-state index contributed by atoms with van der Waals surface area (Å²) in [7, 11) is 1.64. The number of rotatable bonds is 8. The molecular formula is C30H32FN3O2. The molecule has 0 radical (unpaired) electrons. The topological polar surface area (TPSA) is 54.3 Å². The van der Waals surface area contributed by atoms with E-state index in [4.69, 9.17) is 0 Å². The Morgan fingerprint density at radius 2 is 1.58 bits per heavy atom. The van der Waals surface area contributed by atoms with Gasteiger partial charge in [-0.1, -0.05) is 48.5 Å². The Labute approximate surface area is 211 Å². The van der Waals surface area contributed by atoms with Gasteiger partial charge in [-0.15, -0.1) is 0 Å². The molecule has 0 fully saturated rings. The SMILES string of the molecule is Cc1c(CC(=O)N[C@@H](Cc2ccccc2)C(=O)N(C)c2ccc(F)cc2)c2ccccc2n1C(C)C. The number of likely N-dealkylation sites (N-methyl/N-ethyl adjacent to an activating group) is 1. The third-order valence-corrected chi connectivity index (χ3v) is 6.60. The van der Waals surface area contributed by atoms with E-state index < -0.39 is 6.04 Å². The van der Waals surface area contributed by atoms with E-state index in [1.807, 2.05) is 55.5 Å². The van der Waals surface area contributed by atoms with Gasteiger partial charge in [0, 0.05) is 41.8 Å². The number of halogens is 1. The average Bonchev–Trinajstić information content (AvgIpc) is 3.15. The van der Waals surface area contributed by atoms with E-state index in [0.717, 1.165) is 27.7 Å². The third kappa shape index (κ3) is 5.33. The van der Waals surface area contributed by atoms with Crippen molar-refractivity contribution in [1.82, 2.24) is 9.88 Å². The molecule has 2 amide bonds. The lowest BCUT2D eigenvalue weighted by Crippen LogP contribution is -2.49. The number of benzene rings is 3. The molecular weight excluding hydrogens is 453 g/mol. The molecule has 36 heavy (non-hydrogen) atoms. The highest BCUT2D eigenvalue weighted by Crippen LogP contribution is 2.29. The van der Waals surface area contributed by atoms with E-state index in [0.29, 0.717) is 12.1 Å². The molecule has 1 aromatic heterocycles. The van der Waals surface area contributed by atoms with Crippen LogP contribution in [0.25, 0.3) is 10.9 Å². The van der Waals surface area contributed by atoms with Gasteiger partial charge in [0.1, 0.15) is 11.9 Å². The zero-order chi connectivity index (χ0) is 25.8. The van der Waals surface area contributed by atoms with E-state index in [-0.39, 0.29) is 30.1 Å². The number of fused-ring (bicyclic) bond motifs is 1. The van der Waals surface area contributed by atoms with Gasteiger partial charge >= 0.3 is 0 Å². The number of nitrogens with one attached hydrogen (secondary N) is 1. The number of hydrogen-bond acceptors (Lipinski definition) is 2.